The first-order valence-corrected chi connectivity index (χ1v) is 6.99. The summed E-state index contributed by atoms with van der Waals surface area (Å²) in [6, 6.07) is 14.5. The zero-order valence-corrected chi connectivity index (χ0v) is 12.4. The first-order valence-electron chi connectivity index (χ1n) is 6.46. The first-order chi connectivity index (χ1) is 10.1. The molecule has 0 saturated carbocycles. The normalized spacial score (nSPS) is 11.2. The van der Waals surface area contributed by atoms with Gasteiger partial charge in [0.1, 0.15) is 5.84 Å². The van der Waals surface area contributed by atoms with E-state index < -0.39 is 0 Å². The van der Waals surface area contributed by atoms with Crippen LogP contribution >= 0.6 is 11.6 Å². The molecule has 0 aliphatic carbocycles. The second-order valence-electron chi connectivity index (χ2n) is 4.55. The van der Waals surface area contributed by atoms with Gasteiger partial charge >= 0.3 is 0 Å². The van der Waals surface area contributed by atoms with Crippen molar-refractivity contribution in [3.8, 4) is 0 Å². The minimum absolute atomic E-state index is 0.162. The summed E-state index contributed by atoms with van der Waals surface area (Å²) in [7, 11) is 0. The number of amidine groups is 1. The molecule has 0 aromatic heterocycles. The summed E-state index contributed by atoms with van der Waals surface area (Å²) in [5.41, 5.74) is 8.60. The van der Waals surface area contributed by atoms with Crippen LogP contribution in [-0.4, -0.2) is 17.6 Å². The van der Waals surface area contributed by atoms with Gasteiger partial charge in [-0.2, -0.15) is 0 Å². The predicted molar refractivity (Wildman–Crippen MR) is 87.6 cm³/mol. The number of amides is 1. The number of alkyl halides is 1. The molecule has 3 N–H and O–H groups in total. The molecule has 0 bridgehead atoms. The first kappa shape index (κ1) is 15.1. The van der Waals surface area contributed by atoms with Gasteiger partial charge in [-0.1, -0.05) is 18.2 Å². The smallest absolute Gasteiger partial charge is 0.255 e. The van der Waals surface area contributed by atoms with E-state index in [4.69, 9.17) is 17.3 Å². The van der Waals surface area contributed by atoms with Crippen LogP contribution in [0.1, 0.15) is 15.9 Å². The van der Waals surface area contributed by atoms with Crippen LogP contribution in [0.25, 0.3) is 0 Å². The van der Waals surface area contributed by atoms with E-state index in [-0.39, 0.29) is 11.8 Å². The lowest BCUT2D eigenvalue weighted by Crippen LogP contribution is -2.13. The van der Waals surface area contributed by atoms with Gasteiger partial charge < -0.3 is 11.1 Å². The Balaban J connectivity index is 2.12. The average molecular weight is 302 g/mol. The van der Waals surface area contributed by atoms with Crippen molar-refractivity contribution in [2.45, 2.75) is 6.92 Å². The second-order valence-corrected chi connectivity index (χ2v) is 4.82. The van der Waals surface area contributed by atoms with E-state index in [2.05, 4.69) is 10.3 Å². The topological polar surface area (TPSA) is 67.5 Å². The highest BCUT2D eigenvalue weighted by atomic mass is 35.5. The molecule has 0 aliphatic heterocycles. The molecule has 21 heavy (non-hydrogen) atoms. The Morgan fingerprint density at radius 2 is 1.86 bits per heavy atom. The number of nitrogens with one attached hydrogen (secondary N) is 1. The van der Waals surface area contributed by atoms with Gasteiger partial charge in [0, 0.05) is 11.3 Å². The van der Waals surface area contributed by atoms with Crippen molar-refractivity contribution in [1.82, 2.24) is 0 Å². The third-order valence-electron chi connectivity index (χ3n) is 2.93. The number of hydrogen-bond donors (Lipinski definition) is 2. The largest absolute Gasteiger partial charge is 0.386 e. The Bertz CT molecular complexity index is 665. The van der Waals surface area contributed by atoms with Crippen molar-refractivity contribution in [2.24, 2.45) is 10.7 Å². The fourth-order valence-electron chi connectivity index (χ4n) is 1.79. The third-order valence-corrected chi connectivity index (χ3v) is 3.21. The van der Waals surface area contributed by atoms with E-state index in [0.717, 1.165) is 11.3 Å². The maximum absolute atomic E-state index is 12.2. The Kier molecular flexibility index (Phi) is 4.95. The zero-order valence-electron chi connectivity index (χ0n) is 11.6. The number of rotatable bonds is 4. The Hall–Kier alpha value is -2.33. The quantitative estimate of drug-likeness (QED) is 0.516. The van der Waals surface area contributed by atoms with Crippen molar-refractivity contribution >= 4 is 34.7 Å². The van der Waals surface area contributed by atoms with Gasteiger partial charge in [-0.25, -0.2) is 4.99 Å². The second kappa shape index (κ2) is 6.90. The lowest BCUT2D eigenvalue weighted by Gasteiger charge is -2.08. The molecule has 0 heterocycles. The molecule has 2 aromatic rings. The molecule has 1 amide bonds. The lowest BCUT2D eigenvalue weighted by molar-refractivity contribution is 0.102. The predicted octanol–water partition coefficient (Wildman–Crippen LogP) is 3.47. The van der Waals surface area contributed by atoms with Crippen LogP contribution in [0.5, 0.6) is 0 Å². The third kappa shape index (κ3) is 4.07. The average Bonchev–Trinajstić information content (AvgIpc) is 2.50. The van der Waals surface area contributed by atoms with E-state index in [1.165, 1.54) is 0 Å². The van der Waals surface area contributed by atoms with E-state index in [1.807, 2.05) is 31.2 Å². The van der Waals surface area contributed by atoms with Gasteiger partial charge in [-0.05, 0) is 42.8 Å². The number of para-hydroxylation sites is 1. The SMILES string of the molecule is Cc1ccccc1NC(=O)c1ccc(N=C(N)CCl)cc1. The van der Waals surface area contributed by atoms with Crippen molar-refractivity contribution in [2.75, 3.05) is 11.2 Å². The van der Waals surface area contributed by atoms with Crippen LogP contribution in [0.4, 0.5) is 11.4 Å². The van der Waals surface area contributed by atoms with E-state index in [1.54, 1.807) is 24.3 Å². The molecule has 0 aliphatic rings. The van der Waals surface area contributed by atoms with Crippen molar-refractivity contribution < 1.29 is 4.79 Å². The molecule has 5 heteroatoms. The summed E-state index contributed by atoms with van der Waals surface area (Å²) in [6.45, 7) is 1.95. The minimum atomic E-state index is -0.162. The van der Waals surface area contributed by atoms with Gasteiger partial charge in [0.15, 0.2) is 0 Å². The fraction of sp³-hybridized carbons (Fsp3) is 0.125. The van der Waals surface area contributed by atoms with Crippen molar-refractivity contribution in [1.29, 1.82) is 0 Å². The molecule has 4 nitrogen and oxygen atoms in total. The maximum Gasteiger partial charge on any atom is 0.255 e. The van der Waals surface area contributed by atoms with Gasteiger partial charge in [0.25, 0.3) is 5.91 Å². The molecular formula is C16H16ClN3O. The number of halogens is 1. The number of carbonyl (C=O) groups excluding carboxylic acids is 1. The summed E-state index contributed by atoms with van der Waals surface area (Å²) >= 11 is 5.57. The number of nitrogens with two attached hydrogens (primary N) is 1. The number of benzene rings is 2. The molecule has 0 atom stereocenters. The van der Waals surface area contributed by atoms with E-state index in [0.29, 0.717) is 17.1 Å². The van der Waals surface area contributed by atoms with Crippen LogP contribution in [0.15, 0.2) is 53.5 Å². The Labute approximate surface area is 128 Å². The Morgan fingerprint density at radius 1 is 1.19 bits per heavy atom. The molecule has 0 unspecified atom stereocenters. The minimum Gasteiger partial charge on any atom is -0.386 e. The summed E-state index contributed by atoms with van der Waals surface area (Å²) in [5, 5.41) is 2.88. The Morgan fingerprint density at radius 3 is 2.48 bits per heavy atom. The van der Waals surface area contributed by atoms with Crippen LogP contribution < -0.4 is 11.1 Å². The monoisotopic (exact) mass is 301 g/mol. The van der Waals surface area contributed by atoms with E-state index in [9.17, 15) is 4.79 Å². The zero-order chi connectivity index (χ0) is 15.2. The number of aryl methyl sites for hydroxylation is 1. The van der Waals surface area contributed by atoms with Gasteiger partial charge in [0.2, 0.25) is 0 Å². The molecule has 0 saturated heterocycles. The summed E-state index contributed by atoms with van der Waals surface area (Å²) < 4.78 is 0. The highest BCUT2D eigenvalue weighted by molar-refractivity contribution is 6.28. The molecule has 0 fully saturated rings. The fourth-order valence-corrected chi connectivity index (χ4v) is 1.85. The van der Waals surface area contributed by atoms with Gasteiger partial charge in [-0.3, -0.25) is 4.79 Å². The molecule has 0 spiro atoms. The number of aliphatic imine (C=N–C) groups is 1. The van der Waals surface area contributed by atoms with Gasteiger partial charge in [-0.15, -0.1) is 11.6 Å². The van der Waals surface area contributed by atoms with Crippen LogP contribution in [-0.2, 0) is 0 Å². The standard InChI is InChI=1S/C16H16ClN3O/c1-11-4-2-3-5-14(11)20-16(21)12-6-8-13(9-7-12)19-15(18)10-17/h2-9H,10H2,1H3,(H2,18,19)(H,20,21). The molecular weight excluding hydrogens is 286 g/mol. The number of nitrogens with zero attached hydrogens (tertiary/aromatic N) is 1. The molecule has 0 radical (unpaired) electrons. The summed E-state index contributed by atoms with van der Waals surface area (Å²) in [6.07, 6.45) is 0. The maximum atomic E-state index is 12.2. The lowest BCUT2D eigenvalue weighted by atomic mass is 10.1. The summed E-state index contributed by atoms with van der Waals surface area (Å²) in [4.78, 5) is 16.3. The van der Waals surface area contributed by atoms with Crippen LogP contribution in [0.3, 0.4) is 0 Å². The number of anilines is 1. The van der Waals surface area contributed by atoms with Crippen molar-refractivity contribution in [3.63, 3.8) is 0 Å². The highest BCUT2D eigenvalue weighted by Crippen LogP contribution is 2.17. The van der Waals surface area contributed by atoms with Crippen LogP contribution in [0.2, 0.25) is 0 Å². The van der Waals surface area contributed by atoms with Crippen LogP contribution in [0, 0.1) is 6.92 Å². The number of carbonyl (C=O) groups is 1. The molecule has 108 valence electrons. The van der Waals surface area contributed by atoms with E-state index >= 15 is 0 Å². The molecule has 2 rings (SSSR count). The highest BCUT2D eigenvalue weighted by Gasteiger charge is 2.07. The number of hydrogen-bond acceptors (Lipinski definition) is 2. The molecule has 2 aromatic carbocycles. The van der Waals surface area contributed by atoms with Crippen molar-refractivity contribution in [3.05, 3.63) is 59.7 Å². The van der Waals surface area contributed by atoms with Gasteiger partial charge in [0.05, 0.1) is 11.6 Å². The summed E-state index contributed by atoms with van der Waals surface area (Å²) in [5.74, 6) is 0.356.